The van der Waals surface area contributed by atoms with Crippen LogP contribution in [0.1, 0.15) is 47.5 Å². The van der Waals surface area contributed by atoms with Gasteiger partial charge in [0.2, 0.25) is 5.91 Å². The molecule has 0 saturated carbocycles. The van der Waals surface area contributed by atoms with Crippen molar-refractivity contribution in [2.45, 2.75) is 42.7 Å². The molecule has 1 saturated heterocycles. The van der Waals surface area contributed by atoms with E-state index in [1.807, 2.05) is 41.5 Å². The largest absolute Gasteiger partial charge is 0.451 e. The van der Waals surface area contributed by atoms with Crippen LogP contribution in [-0.2, 0) is 10.5 Å². The van der Waals surface area contributed by atoms with Crippen molar-refractivity contribution in [2.75, 3.05) is 19.6 Å². The van der Waals surface area contributed by atoms with Gasteiger partial charge in [0.05, 0.1) is 0 Å². The maximum absolute atomic E-state index is 12.9. The number of hydrogen-bond acceptors (Lipinski definition) is 6. The molecule has 158 valence electrons. The summed E-state index contributed by atoms with van der Waals surface area (Å²) in [5.41, 5.74) is 2.55. The molecule has 0 spiro atoms. The van der Waals surface area contributed by atoms with E-state index in [2.05, 4.69) is 10.3 Å². The maximum Gasteiger partial charge on any atom is 0.287 e. The average molecular weight is 444 g/mol. The summed E-state index contributed by atoms with van der Waals surface area (Å²) in [7, 11) is 0. The number of piperidine rings is 1. The molecule has 1 N–H and O–H groups in total. The van der Waals surface area contributed by atoms with Crippen LogP contribution in [-0.4, -0.2) is 41.3 Å². The van der Waals surface area contributed by atoms with E-state index >= 15 is 0 Å². The van der Waals surface area contributed by atoms with Crippen LogP contribution in [0.15, 0.2) is 38.4 Å². The molecule has 0 aliphatic carbocycles. The Kier molecular flexibility index (Phi) is 6.74. The van der Waals surface area contributed by atoms with Gasteiger partial charge in [-0.1, -0.05) is 30.0 Å². The summed E-state index contributed by atoms with van der Waals surface area (Å²) in [5.74, 6) is 0.750. The van der Waals surface area contributed by atoms with Crippen molar-refractivity contribution in [3.8, 4) is 0 Å². The van der Waals surface area contributed by atoms with Crippen LogP contribution in [0.25, 0.3) is 11.0 Å². The second-order valence-corrected chi connectivity index (χ2v) is 9.48. The molecular formula is C22H25N3O3S2. The standard InChI is InChI=1S/C22H25N3O3S2/c1-15-13-29-22(24-15)30-14-17-16-7-3-4-8-18(16)28-20(17)21(27)23-10-9-19(26)25-11-5-2-6-12-25/h3-4,7-8,13H,2,5-6,9-12,14H2,1H3,(H,23,27). The number of amides is 2. The second-order valence-electron chi connectivity index (χ2n) is 7.40. The molecule has 0 unspecified atom stereocenters. The highest BCUT2D eigenvalue weighted by Gasteiger charge is 2.22. The molecule has 0 bridgehead atoms. The van der Waals surface area contributed by atoms with E-state index < -0.39 is 0 Å². The maximum atomic E-state index is 12.9. The van der Waals surface area contributed by atoms with E-state index in [9.17, 15) is 9.59 Å². The molecule has 0 radical (unpaired) electrons. The zero-order valence-corrected chi connectivity index (χ0v) is 18.6. The minimum Gasteiger partial charge on any atom is -0.451 e. The predicted octanol–water partition coefficient (Wildman–Crippen LogP) is 4.62. The first-order chi connectivity index (χ1) is 14.6. The quantitative estimate of drug-likeness (QED) is 0.539. The number of likely N-dealkylation sites (tertiary alicyclic amines) is 1. The monoisotopic (exact) mass is 443 g/mol. The summed E-state index contributed by atoms with van der Waals surface area (Å²) >= 11 is 3.20. The first-order valence-corrected chi connectivity index (χ1v) is 12.1. The van der Waals surface area contributed by atoms with E-state index in [1.165, 1.54) is 6.42 Å². The predicted molar refractivity (Wildman–Crippen MR) is 120 cm³/mol. The van der Waals surface area contributed by atoms with Crippen molar-refractivity contribution in [2.24, 2.45) is 0 Å². The van der Waals surface area contributed by atoms with E-state index in [0.717, 1.165) is 46.9 Å². The van der Waals surface area contributed by atoms with E-state index in [1.54, 1.807) is 23.1 Å². The van der Waals surface area contributed by atoms with Crippen LogP contribution in [0, 0.1) is 6.92 Å². The molecule has 6 nitrogen and oxygen atoms in total. The van der Waals surface area contributed by atoms with Crippen molar-refractivity contribution in [3.63, 3.8) is 0 Å². The van der Waals surface area contributed by atoms with Gasteiger partial charge >= 0.3 is 0 Å². The number of thioether (sulfide) groups is 1. The Balaban J connectivity index is 1.42. The molecule has 8 heteroatoms. The van der Waals surface area contributed by atoms with Crippen LogP contribution >= 0.6 is 23.1 Å². The molecule has 3 aromatic rings. The summed E-state index contributed by atoms with van der Waals surface area (Å²) in [6.07, 6.45) is 3.63. The van der Waals surface area contributed by atoms with Gasteiger partial charge in [-0.15, -0.1) is 11.3 Å². The van der Waals surface area contributed by atoms with Gasteiger partial charge in [-0.3, -0.25) is 9.59 Å². The molecule has 1 aliphatic heterocycles. The van der Waals surface area contributed by atoms with Gasteiger partial charge in [-0.25, -0.2) is 4.98 Å². The van der Waals surface area contributed by atoms with Crippen molar-refractivity contribution in [1.29, 1.82) is 0 Å². The zero-order valence-electron chi connectivity index (χ0n) is 17.0. The summed E-state index contributed by atoms with van der Waals surface area (Å²) in [6.45, 7) is 3.93. The van der Waals surface area contributed by atoms with Crippen molar-refractivity contribution >= 4 is 45.9 Å². The van der Waals surface area contributed by atoms with Crippen molar-refractivity contribution in [1.82, 2.24) is 15.2 Å². The summed E-state index contributed by atoms with van der Waals surface area (Å²) < 4.78 is 6.86. The van der Waals surface area contributed by atoms with E-state index in [4.69, 9.17) is 4.42 Å². The van der Waals surface area contributed by atoms with Gasteiger partial charge in [0, 0.05) is 53.8 Å². The smallest absolute Gasteiger partial charge is 0.287 e. The summed E-state index contributed by atoms with van der Waals surface area (Å²) in [5, 5.41) is 5.82. The Labute approximate surface area is 184 Å². The Hall–Kier alpha value is -2.32. The van der Waals surface area contributed by atoms with Crippen LogP contribution in [0.2, 0.25) is 0 Å². The minimum atomic E-state index is -0.274. The summed E-state index contributed by atoms with van der Waals surface area (Å²) in [6, 6.07) is 7.68. The highest BCUT2D eigenvalue weighted by Crippen LogP contribution is 2.33. The molecule has 0 atom stereocenters. The molecule has 1 aromatic carbocycles. The lowest BCUT2D eigenvalue weighted by Crippen LogP contribution is -2.37. The van der Waals surface area contributed by atoms with Gasteiger partial charge in [0.1, 0.15) is 9.92 Å². The highest BCUT2D eigenvalue weighted by atomic mass is 32.2. The number of nitrogens with zero attached hydrogens (tertiary/aromatic N) is 2. The lowest BCUT2D eigenvalue weighted by Gasteiger charge is -2.26. The zero-order chi connectivity index (χ0) is 20.9. The number of hydrogen-bond donors (Lipinski definition) is 1. The number of rotatable bonds is 7. The fraction of sp³-hybridized carbons (Fsp3) is 0.409. The van der Waals surface area contributed by atoms with Gasteiger partial charge < -0.3 is 14.6 Å². The fourth-order valence-corrected chi connectivity index (χ4v) is 5.50. The Morgan fingerprint density at radius 1 is 1.23 bits per heavy atom. The molecule has 2 amide bonds. The number of para-hydroxylation sites is 1. The Morgan fingerprint density at radius 2 is 2.03 bits per heavy atom. The second kappa shape index (κ2) is 9.66. The van der Waals surface area contributed by atoms with Crippen molar-refractivity contribution < 1.29 is 14.0 Å². The third-order valence-corrected chi connectivity index (χ3v) is 7.34. The molecule has 1 aliphatic rings. The molecule has 2 aromatic heterocycles. The van der Waals surface area contributed by atoms with Gasteiger partial charge in [-0.2, -0.15) is 0 Å². The number of carbonyl (C=O) groups excluding carboxylic acids is 2. The number of thiazole rings is 1. The lowest BCUT2D eigenvalue weighted by atomic mass is 10.1. The highest BCUT2D eigenvalue weighted by molar-refractivity contribution is 8.00. The van der Waals surface area contributed by atoms with Crippen LogP contribution in [0.5, 0.6) is 0 Å². The third kappa shape index (κ3) is 4.87. The van der Waals surface area contributed by atoms with Gasteiger partial charge in [-0.05, 0) is 32.3 Å². The number of furan rings is 1. The van der Waals surface area contributed by atoms with Crippen LogP contribution in [0.3, 0.4) is 0 Å². The number of carbonyl (C=O) groups is 2. The van der Waals surface area contributed by atoms with Crippen LogP contribution in [0.4, 0.5) is 0 Å². The average Bonchev–Trinajstić information content (AvgIpc) is 3.35. The SMILES string of the molecule is Cc1csc(SCc2c(C(=O)NCCC(=O)N3CCCCC3)oc3ccccc23)n1. The lowest BCUT2D eigenvalue weighted by molar-refractivity contribution is -0.131. The fourth-order valence-electron chi connectivity index (χ4n) is 3.62. The van der Waals surface area contributed by atoms with Gasteiger partial charge in [0.25, 0.3) is 5.91 Å². The number of fused-ring (bicyclic) bond motifs is 1. The van der Waals surface area contributed by atoms with E-state index in [-0.39, 0.29) is 11.8 Å². The molecular weight excluding hydrogens is 418 g/mol. The number of benzene rings is 1. The normalized spacial score (nSPS) is 14.2. The topological polar surface area (TPSA) is 75.4 Å². The minimum absolute atomic E-state index is 0.106. The van der Waals surface area contributed by atoms with Crippen molar-refractivity contribution in [3.05, 3.63) is 46.7 Å². The number of nitrogens with one attached hydrogen (secondary N) is 1. The summed E-state index contributed by atoms with van der Waals surface area (Å²) in [4.78, 5) is 31.6. The number of aryl methyl sites for hydroxylation is 1. The molecule has 3 heterocycles. The molecule has 1 fully saturated rings. The molecule has 30 heavy (non-hydrogen) atoms. The Morgan fingerprint density at radius 3 is 2.80 bits per heavy atom. The first kappa shape index (κ1) is 20.9. The third-order valence-electron chi connectivity index (χ3n) is 5.18. The first-order valence-electron chi connectivity index (χ1n) is 10.2. The Bertz CT molecular complexity index is 1040. The van der Waals surface area contributed by atoms with E-state index in [0.29, 0.717) is 30.1 Å². The number of aromatic nitrogens is 1. The van der Waals surface area contributed by atoms with Crippen LogP contribution < -0.4 is 5.32 Å². The molecule has 4 rings (SSSR count). The van der Waals surface area contributed by atoms with Gasteiger partial charge in [0.15, 0.2) is 5.76 Å².